The Morgan fingerprint density at radius 2 is 2.06 bits per heavy atom. The molecule has 0 aromatic heterocycles. The topological polar surface area (TPSA) is 63.6 Å². The molecule has 0 fully saturated rings. The second-order valence-electron chi connectivity index (χ2n) is 3.05. The molecule has 1 aromatic carbocycles. The molecular formula is C11H7F3O4. The smallest absolute Gasteiger partial charge is 0.387 e. The fourth-order valence-electron chi connectivity index (χ4n) is 1.22. The molecule has 1 N–H and O–H groups in total. The van der Waals surface area contributed by atoms with Gasteiger partial charge in [-0.2, -0.15) is 8.78 Å². The number of carbonyl (C=O) groups is 2. The van der Waals surface area contributed by atoms with Crippen LogP contribution in [0.5, 0.6) is 5.75 Å². The van der Waals surface area contributed by atoms with E-state index in [1.165, 1.54) is 0 Å². The largest absolute Gasteiger partial charge is 0.478 e. The third-order valence-corrected chi connectivity index (χ3v) is 1.90. The maximum absolute atomic E-state index is 13.2. The minimum absolute atomic E-state index is 0.0190. The van der Waals surface area contributed by atoms with Crippen molar-refractivity contribution in [2.75, 3.05) is 0 Å². The second kappa shape index (κ2) is 5.85. The van der Waals surface area contributed by atoms with Gasteiger partial charge < -0.3 is 9.84 Å². The average Bonchev–Trinajstić information content (AvgIpc) is 2.27. The Balaban J connectivity index is 3.32. The lowest BCUT2D eigenvalue weighted by molar-refractivity contribution is -0.131. The maximum Gasteiger partial charge on any atom is 0.387 e. The van der Waals surface area contributed by atoms with Crippen LogP contribution in [0.4, 0.5) is 13.2 Å². The van der Waals surface area contributed by atoms with Gasteiger partial charge in [-0.1, -0.05) is 0 Å². The second-order valence-corrected chi connectivity index (χ2v) is 3.05. The van der Waals surface area contributed by atoms with Gasteiger partial charge in [0.1, 0.15) is 11.6 Å². The molecule has 0 aliphatic carbocycles. The monoisotopic (exact) mass is 260 g/mol. The molecular weight excluding hydrogens is 253 g/mol. The number of ether oxygens (including phenoxy) is 1. The molecule has 0 spiro atoms. The predicted octanol–water partition coefficient (Wildman–Crippen LogP) is 2.34. The first kappa shape index (κ1) is 13.8. The van der Waals surface area contributed by atoms with Gasteiger partial charge in [0.15, 0.2) is 6.29 Å². The van der Waals surface area contributed by atoms with E-state index in [0.29, 0.717) is 6.08 Å². The quantitative estimate of drug-likeness (QED) is 0.652. The van der Waals surface area contributed by atoms with Crippen molar-refractivity contribution < 1.29 is 32.6 Å². The molecule has 0 bridgehead atoms. The summed E-state index contributed by atoms with van der Waals surface area (Å²) in [6, 6.07) is 1.88. The number of aldehydes is 1. The van der Waals surface area contributed by atoms with E-state index in [9.17, 15) is 22.8 Å². The number of alkyl halides is 2. The van der Waals surface area contributed by atoms with Crippen LogP contribution in [0.1, 0.15) is 15.9 Å². The van der Waals surface area contributed by atoms with Crippen molar-refractivity contribution in [3.63, 3.8) is 0 Å². The Bertz CT molecular complexity index is 497. The van der Waals surface area contributed by atoms with Crippen molar-refractivity contribution in [3.8, 4) is 5.75 Å². The molecule has 1 aromatic rings. The van der Waals surface area contributed by atoms with E-state index in [-0.39, 0.29) is 11.8 Å². The van der Waals surface area contributed by atoms with E-state index in [1.807, 2.05) is 0 Å². The highest BCUT2D eigenvalue weighted by Crippen LogP contribution is 2.28. The summed E-state index contributed by atoms with van der Waals surface area (Å²) in [5, 5.41) is 8.41. The molecule has 0 radical (unpaired) electrons. The van der Waals surface area contributed by atoms with Gasteiger partial charge in [0.25, 0.3) is 0 Å². The SMILES string of the molecule is O=Cc1c(F)ccc(/C=C/C(=O)O)c1OC(F)F. The summed E-state index contributed by atoms with van der Waals surface area (Å²) in [4.78, 5) is 20.9. The molecule has 0 unspecified atom stereocenters. The zero-order valence-electron chi connectivity index (χ0n) is 8.77. The highest BCUT2D eigenvalue weighted by Gasteiger charge is 2.17. The molecule has 4 nitrogen and oxygen atoms in total. The molecule has 1 rings (SSSR count). The molecule has 0 aliphatic rings. The van der Waals surface area contributed by atoms with Crippen molar-refractivity contribution in [3.05, 3.63) is 35.2 Å². The third-order valence-electron chi connectivity index (χ3n) is 1.90. The number of carboxylic acids is 1. The summed E-state index contributed by atoms with van der Waals surface area (Å²) in [6.45, 7) is -3.26. The van der Waals surface area contributed by atoms with Crippen LogP contribution in [0.2, 0.25) is 0 Å². The number of carboxylic acid groups (broad SMARTS) is 1. The summed E-state index contributed by atoms with van der Waals surface area (Å²) in [7, 11) is 0. The molecule has 0 saturated heterocycles. The van der Waals surface area contributed by atoms with E-state index in [0.717, 1.165) is 18.2 Å². The first-order chi connectivity index (χ1) is 8.45. The number of aliphatic carboxylic acids is 1. The highest BCUT2D eigenvalue weighted by atomic mass is 19.3. The van der Waals surface area contributed by atoms with Gasteiger partial charge in [0, 0.05) is 11.6 Å². The van der Waals surface area contributed by atoms with Gasteiger partial charge in [-0.15, -0.1) is 0 Å². The predicted molar refractivity (Wildman–Crippen MR) is 55.1 cm³/mol. The lowest BCUT2D eigenvalue weighted by Gasteiger charge is -2.10. The van der Waals surface area contributed by atoms with Gasteiger partial charge in [-0.05, 0) is 18.2 Å². The molecule has 0 aliphatic heterocycles. The number of halogens is 3. The van der Waals surface area contributed by atoms with Crippen LogP contribution in [0.15, 0.2) is 18.2 Å². The van der Waals surface area contributed by atoms with Crippen molar-refractivity contribution in [2.24, 2.45) is 0 Å². The minimum Gasteiger partial charge on any atom is -0.478 e. The highest BCUT2D eigenvalue weighted by molar-refractivity contribution is 5.88. The first-order valence-corrected chi connectivity index (χ1v) is 4.59. The summed E-state index contributed by atoms with van der Waals surface area (Å²) in [5.74, 6) is -3.06. The Kier molecular flexibility index (Phi) is 4.47. The van der Waals surface area contributed by atoms with E-state index < -0.39 is 29.7 Å². The molecule has 0 heterocycles. The van der Waals surface area contributed by atoms with E-state index in [2.05, 4.69) is 4.74 Å². The lowest BCUT2D eigenvalue weighted by Crippen LogP contribution is -2.07. The zero-order chi connectivity index (χ0) is 13.7. The number of rotatable bonds is 5. The number of hydrogen-bond donors (Lipinski definition) is 1. The fraction of sp³-hybridized carbons (Fsp3) is 0.0909. The van der Waals surface area contributed by atoms with Crippen LogP contribution in [-0.2, 0) is 4.79 Å². The summed E-state index contributed by atoms with van der Waals surface area (Å²) in [5.41, 5.74) is -0.830. The Morgan fingerprint density at radius 1 is 1.39 bits per heavy atom. The zero-order valence-corrected chi connectivity index (χ0v) is 8.77. The lowest BCUT2D eigenvalue weighted by atomic mass is 10.1. The van der Waals surface area contributed by atoms with Gasteiger partial charge in [-0.3, -0.25) is 4.79 Å². The average molecular weight is 260 g/mol. The molecule has 18 heavy (non-hydrogen) atoms. The summed E-state index contributed by atoms with van der Waals surface area (Å²) < 4.78 is 41.5. The molecule has 0 amide bonds. The maximum atomic E-state index is 13.2. The Hall–Kier alpha value is -2.31. The van der Waals surface area contributed by atoms with Crippen LogP contribution >= 0.6 is 0 Å². The van der Waals surface area contributed by atoms with E-state index in [1.54, 1.807) is 0 Å². The van der Waals surface area contributed by atoms with Crippen LogP contribution in [0.3, 0.4) is 0 Å². The minimum atomic E-state index is -3.26. The van der Waals surface area contributed by atoms with Crippen molar-refractivity contribution in [1.82, 2.24) is 0 Å². The van der Waals surface area contributed by atoms with Gasteiger partial charge in [0.05, 0.1) is 5.56 Å². The van der Waals surface area contributed by atoms with Gasteiger partial charge in [-0.25, -0.2) is 9.18 Å². The van der Waals surface area contributed by atoms with E-state index in [4.69, 9.17) is 5.11 Å². The van der Waals surface area contributed by atoms with Crippen molar-refractivity contribution in [1.29, 1.82) is 0 Å². The van der Waals surface area contributed by atoms with Gasteiger partial charge >= 0.3 is 12.6 Å². The van der Waals surface area contributed by atoms with E-state index >= 15 is 0 Å². The molecule has 96 valence electrons. The fourth-order valence-corrected chi connectivity index (χ4v) is 1.22. The van der Waals surface area contributed by atoms with Crippen molar-refractivity contribution >= 4 is 18.3 Å². The third kappa shape index (κ3) is 3.34. The summed E-state index contributed by atoms with van der Waals surface area (Å²) in [6.07, 6.45) is 1.60. The van der Waals surface area contributed by atoms with Crippen LogP contribution in [0.25, 0.3) is 6.08 Å². The Morgan fingerprint density at radius 3 is 2.56 bits per heavy atom. The molecule has 0 atom stereocenters. The number of benzene rings is 1. The molecule has 7 heteroatoms. The number of carbonyl (C=O) groups excluding carboxylic acids is 1. The normalized spacial score (nSPS) is 10.9. The van der Waals surface area contributed by atoms with Crippen LogP contribution < -0.4 is 4.74 Å². The summed E-state index contributed by atoms with van der Waals surface area (Å²) >= 11 is 0. The van der Waals surface area contributed by atoms with Crippen molar-refractivity contribution in [2.45, 2.75) is 6.61 Å². The van der Waals surface area contributed by atoms with Crippen LogP contribution in [0, 0.1) is 5.82 Å². The first-order valence-electron chi connectivity index (χ1n) is 4.59. The Labute approximate surface area is 99.3 Å². The molecule has 0 saturated carbocycles. The number of hydrogen-bond acceptors (Lipinski definition) is 3. The van der Waals surface area contributed by atoms with Gasteiger partial charge in [0.2, 0.25) is 0 Å². The standard InChI is InChI=1S/C11H7F3O4/c12-8-3-1-6(2-4-9(16)17)10(7(8)5-15)18-11(13)14/h1-5,11H,(H,16,17)/b4-2+. The van der Waals surface area contributed by atoms with Crippen LogP contribution in [-0.4, -0.2) is 24.0 Å².